The fourth-order valence-electron chi connectivity index (χ4n) is 3.01. The van der Waals surface area contributed by atoms with Gasteiger partial charge in [0.05, 0.1) is 5.56 Å². The Morgan fingerprint density at radius 2 is 2.09 bits per heavy atom. The van der Waals surface area contributed by atoms with E-state index in [0.29, 0.717) is 17.7 Å². The molecule has 4 rings (SSSR count). The molecule has 1 aliphatic rings. The minimum absolute atomic E-state index is 0.462. The molecule has 23 heavy (non-hydrogen) atoms. The van der Waals surface area contributed by atoms with Gasteiger partial charge in [-0.1, -0.05) is 12.1 Å². The lowest BCUT2D eigenvalue weighted by atomic mass is 10.2. The standard InChI is InChI=1S/C17H17BrN4O/c1-9-6-13(9)16-20-17(23-21-16)14-7-10(2)22(11(14)3)15-5-4-12(18)8-19-15/h4-5,7-9,13H,6H2,1-3H3. The maximum Gasteiger partial charge on any atom is 0.259 e. The highest BCUT2D eigenvalue weighted by atomic mass is 79.9. The first-order valence-electron chi connectivity index (χ1n) is 7.69. The van der Waals surface area contributed by atoms with Gasteiger partial charge in [0.1, 0.15) is 5.82 Å². The van der Waals surface area contributed by atoms with Crippen molar-refractivity contribution in [3.8, 4) is 17.3 Å². The molecule has 6 heteroatoms. The van der Waals surface area contributed by atoms with Crippen LogP contribution >= 0.6 is 15.9 Å². The molecular weight excluding hydrogens is 356 g/mol. The minimum atomic E-state index is 0.462. The highest BCUT2D eigenvalue weighted by Crippen LogP contribution is 2.46. The average molecular weight is 373 g/mol. The third-order valence-electron chi connectivity index (χ3n) is 4.49. The largest absolute Gasteiger partial charge is 0.334 e. The molecule has 1 aliphatic carbocycles. The molecule has 3 aromatic heterocycles. The Balaban J connectivity index is 1.74. The predicted octanol–water partition coefficient (Wildman–Crippen LogP) is 4.43. The molecule has 3 aromatic rings. The number of halogens is 1. The topological polar surface area (TPSA) is 56.7 Å². The minimum Gasteiger partial charge on any atom is -0.334 e. The number of hydrogen-bond acceptors (Lipinski definition) is 4. The first kappa shape index (κ1) is 14.6. The van der Waals surface area contributed by atoms with Crippen molar-refractivity contribution in [3.05, 3.63) is 46.1 Å². The number of aryl methyl sites for hydroxylation is 1. The van der Waals surface area contributed by atoms with Crippen LogP contribution in [0.15, 0.2) is 33.4 Å². The van der Waals surface area contributed by atoms with E-state index >= 15 is 0 Å². The van der Waals surface area contributed by atoms with Crippen molar-refractivity contribution in [2.75, 3.05) is 0 Å². The van der Waals surface area contributed by atoms with Crippen LogP contribution in [-0.4, -0.2) is 19.7 Å². The second-order valence-corrected chi connectivity index (χ2v) is 7.15. The fraction of sp³-hybridized carbons (Fsp3) is 0.353. The van der Waals surface area contributed by atoms with E-state index in [0.717, 1.165) is 39.5 Å². The molecule has 1 saturated carbocycles. The van der Waals surface area contributed by atoms with Gasteiger partial charge in [-0.3, -0.25) is 0 Å². The van der Waals surface area contributed by atoms with Gasteiger partial charge in [0.2, 0.25) is 0 Å². The highest BCUT2D eigenvalue weighted by Gasteiger charge is 2.38. The Morgan fingerprint density at radius 3 is 2.74 bits per heavy atom. The third-order valence-corrected chi connectivity index (χ3v) is 4.95. The van der Waals surface area contributed by atoms with E-state index in [9.17, 15) is 0 Å². The predicted molar refractivity (Wildman–Crippen MR) is 90.6 cm³/mol. The fourth-order valence-corrected chi connectivity index (χ4v) is 3.24. The summed E-state index contributed by atoms with van der Waals surface area (Å²) in [4.78, 5) is 9.08. The van der Waals surface area contributed by atoms with E-state index in [2.05, 4.69) is 62.5 Å². The molecule has 0 saturated heterocycles. The van der Waals surface area contributed by atoms with Crippen LogP contribution in [-0.2, 0) is 0 Å². The quantitative estimate of drug-likeness (QED) is 0.682. The molecular formula is C17H17BrN4O. The lowest BCUT2D eigenvalue weighted by Crippen LogP contribution is -2.01. The molecule has 0 amide bonds. The van der Waals surface area contributed by atoms with Crippen molar-refractivity contribution in [2.24, 2.45) is 5.92 Å². The molecule has 0 aliphatic heterocycles. The summed E-state index contributed by atoms with van der Waals surface area (Å²) in [5, 5.41) is 4.15. The van der Waals surface area contributed by atoms with Crippen LogP contribution in [0.5, 0.6) is 0 Å². The van der Waals surface area contributed by atoms with Crippen LogP contribution in [0.3, 0.4) is 0 Å². The van der Waals surface area contributed by atoms with Crippen molar-refractivity contribution in [1.29, 1.82) is 0 Å². The zero-order valence-corrected chi connectivity index (χ0v) is 14.8. The number of pyridine rings is 1. The van der Waals surface area contributed by atoms with E-state index in [4.69, 9.17) is 4.52 Å². The van der Waals surface area contributed by atoms with Gasteiger partial charge in [-0.15, -0.1) is 0 Å². The molecule has 0 spiro atoms. The Labute approximate surface area is 142 Å². The number of nitrogens with zero attached hydrogens (tertiary/aromatic N) is 4. The van der Waals surface area contributed by atoms with Gasteiger partial charge < -0.3 is 9.09 Å². The summed E-state index contributed by atoms with van der Waals surface area (Å²) in [6.45, 7) is 6.32. The van der Waals surface area contributed by atoms with Crippen molar-refractivity contribution in [3.63, 3.8) is 0 Å². The zero-order valence-electron chi connectivity index (χ0n) is 13.2. The summed E-state index contributed by atoms with van der Waals surface area (Å²) in [5.41, 5.74) is 3.11. The number of hydrogen-bond donors (Lipinski definition) is 0. The van der Waals surface area contributed by atoms with Gasteiger partial charge in [0, 0.05) is 28.0 Å². The smallest absolute Gasteiger partial charge is 0.259 e. The Morgan fingerprint density at radius 1 is 1.30 bits per heavy atom. The molecule has 0 aromatic carbocycles. The second kappa shape index (κ2) is 5.30. The van der Waals surface area contributed by atoms with Crippen LogP contribution in [0, 0.1) is 19.8 Å². The summed E-state index contributed by atoms with van der Waals surface area (Å²) in [6, 6.07) is 6.05. The van der Waals surface area contributed by atoms with Gasteiger partial charge >= 0.3 is 0 Å². The normalized spacial score (nSPS) is 20.0. The van der Waals surface area contributed by atoms with Crippen molar-refractivity contribution in [2.45, 2.75) is 33.1 Å². The first-order chi connectivity index (χ1) is 11.0. The van der Waals surface area contributed by atoms with E-state index in [1.807, 2.05) is 12.1 Å². The maximum atomic E-state index is 5.50. The summed E-state index contributed by atoms with van der Waals surface area (Å²) < 4.78 is 8.57. The van der Waals surface area contributed by atoms with Crippen LogP contribution in [0.4, 0.5) is 0 Å². The lowest BCUT2D eigenvalue weighted by molar-refractivity contribution is 0.421. The van der Waals surface area contributed by atoms with Crippen LogP contribution in [0.2, 0.25) is 0 Å². The number of aromatic nitrogens is 4. The zero-order chi connectivity index (χ0) is 16.1. The molecule has 3 heterocycles. The summed E-state index contributed by atoms with van der Waals surface area (Å²) >= 11 is 3.42. The Hall–Kier alpha value is -1.95. The molecule has 0 N–H and O–H groups in total. The maximum absolute atomic E-state index is 5.50. The van der Waals surface area contributed by atoms with Crippen molar-refractivity contribution >= 4 is 15.9 Å². The third kappa shape index (κ3) is 2.51. The van der Waals surface area contributed by atoms with Crippen LogP contribution < -0.4 is 0 Å². The average Bonchev–Trinajstić information content (AvgIpc) is 2.95. The van der Waals surface area contributed by atoms with Gasteiger partial charge in [-0.05, 0) is 60.3 Å². The van der Waals surface area contributed by atoms with Crippen molar-refractivity contribution in [1.82, 2.24) is 19.7 Å². The van der Waals surface area contributed by atoms with Gasteiger partial charge in [-0.25, -0.2) is 4.98 Å². The highest BCUT2D eigenvalue weighted by molar-refractivity contribution is 9.10. The monoisotopic (exact) mass is 372 g/mol. The van der Waals surface area contributed by atoms with Gasteiger partial charge in [0.25, 0.3) is 5.89 Å². The van der Waals surface area contributed by atoms with Crippen molar-refractivity contribution < 1.29 is 4.52 Å². The van der Waals surface area contributed by atoms with E-state index < -0.39 is 0 Å². The summed E-state index contributed by atoms with van der Waals surface area (Å²) in [7, 11) is 0. The molecule has 5 nitrogen and oxygen atoms in total. The Kier molecular flexibility index (Phi) is 3.37. The number of rotatable bonds is 3. The SMILES string of the molecule is Cc1cc(-c2nc(C3CC3C)no2)c(C)n1-c1ccc(Br)cn1. The van der Waals surface area contributed by atoms with E-state index in [1.165, 1.54) is 0 Å². The second-order valence-electron chi connectivity index (χ2n) is 6.23. The molecule has 118 valence electrons. The van der Waals surface area contributed by atoms with E-state index in [1.54, 1.807) is 6.20 Å². The molecule has 2 unspecified atom stereocenters. The summed E-state index contributed by atoms with van der Waals surface area (Å²) in [6.07, 6.45) is 2.95. The van der Waals surface area contributed by atoms with E-state index in [-0.39, 0.29) is 0 Å². The molecule has 0 bridgehead atoms. The first-order valence-corrected chi connectivity index (χ1v) is 8.48. The summed E-state index contributed by atoms with van der Waals surface area (Å²) in [5.74, 6) is 3.43. The molecule has 2 atom stereocenters. The van der Waals surface area contributed by atoms with Crippen LogP contribution in [0.25, 0.3) is 17.3 Å². The van der Waals surface area contributed by atoms with Crippen LogP contribution in [0.1, 0.15) is 36.5 Å². The molecule has 0 radical (unpaired) electrons. The van der Waals surface area contributed by atoms with Gasteiger partial charge in [0.15, 0.2) is 5.82 Å². The lowest BCUT2D eigenvalue weighted by Gasteiger charge is -2.08. The van der Waals surface area contributed by atoms with Gasteiger partial charge in [-0.2, -0.15) is 4.98 Å². The molecule has 1 fully saturated rings. The Bertz CT molecular complexity index is 865.